The Labute approximate surface area is 142 Å². The number of rotatable bonds is 4. The fraction of sp³-hybridized carbons (Fsp3) is 0.294. The third kappa shape index (κ3) is 3.05. The Morgan fingerprint density at radius 2 is 2.04 bits per heavy atom. The average molecular weight is 349 g/mol. The van der Waals surface area contributed by atoms with Crippen LogP contribution in [0.15, 0.2) is 30.3 Å². The summed E-state index contributed by atoms with van der Waals surface area (Å²) >= 11 is 1.35. The molecule has 0 unspecified atom stereocenters. The van der Waals surface area contributed by atoms with Crippen molar-refractivity contribution in [2.75, 3.05) is 6.61 Å². The van der Waals surface area contributed by atoms with Gasteiger partial charge in [-0.3, -0.25) is 4.79 Å². The van der Waals surface area contributed by atoms with E-state index in [1.165, 1.54) is 42.5 Å². The molecular formula is C17H16FNO4S. The number of fused-ring (bicyclic) bond motifs is 1. The third-order valence-corrected chi connectivity index (χ3v) is 5.30. The maximum absolute atomic E-state index is 13.1. The lowest BCUT2D eigenvalue weighted by molar-refractivity contribution is -0.144. The van der Waals surface area contributed by atoms with E-state index in [9.17, 15) is 19.1 Å². The molecule has 0 saturated heterocycles. The molecule has 1 aliphatic heterocycles. The lowest BCUT2D eigenvalue weighted by atomic mass is 9.92. The first kappa shape index (κ1) is 16.6. The molecule has 1 atom stereocenters. The molecule has 2 aromatic rings. The second-order valence-electron chi connectivity index (χ2n) is 5.75. The molecule has 0 spiro atoms. The van der Waals surface area contributed by atoms with Gasteiger partial charge in [-0.2, -0.15) is 0 Å². The molecule has 1 aliphatic rings. The van der Waals surface area contributed by atoms with Crippen molar-refractivity contribution in [1.82, 2.24) is 5.32 Å². The topological polar surface area (TPSA) is 75.6 Å². The number of hydrogen-bond donors (Lipinski definition) is 2. The van der Waals surface area contributed by atoms with Gasteiger partial charge in [-0.25, -0.2) is 9.18 Å². The number of ether oxygens (including phenoxy) is 1. The van der Waals surface area contributed by atoms with Crippen molar-refractivity contribution >= 4 is 23.2 Å². The van der Waals surface area contributed by atoms with E-state index in [-0.39, 0.29) is 0 Å². The van der Waals surface area contributed by atoms with Gasteiger partial charge in [0, 0.05) is 11.3 Å². The summed E-state index contributed by atoms with van der Waals surface area (Å²) < 4.78 is 18.4. The Kier molecular flexibility index (Phi) is 4.38. The maximum atomic E-state index is 13.1. The van der Waals surface area contributed by atoms with Crippen LogP contribution in [0.25, 0.3) is 0 Å². The van der Waals surface area contributed by atoms with Crippen LogP contribution in [0, 0.1) is 5.82 Å². The molecular weight excluding hydrogens is 333 g/mol. The van der Waals surface area contributed by atoms with E-state index < -0.39 is 23.2 Å². The number of carboxylic acid groups (broad SMARTS) is 1. The highest BCUT2D eigenvalue weighted by Crippen LogP contribution is 2.28. The minimum absolute atomic E-state index is 0.300. The van der Waals surface area contributed by atoms with Crippen molar-refractivity contribution in [1.29, 1.82) is 0 Å². The van der Waals surface area contributed by atoms with Crippen LogP contribution in [0.4, 0.5) is 4.39 Å². The van der Waals surface area contributed by atoms with Crippen LogP contribution in [0.5, 0.6) is 0 Å². The van der Waals surface area contributed by atoms with E-state index in [0.29, 0.717) is 23.7 Å². The smallest absolute Gasteiger partial charge is 0.333 e. The van der Waals surface area contributed by atoms with E-state index in [4.69, 9.17) is 4.74 Å². The van der Waals surface area contributed by atoms with E-state index in [2.05, 4.69) is 5.32 Å². The fourth-order valence-corrected chi connectivity index (χ4v) is 3.62. The van der Waals surface area contributed by atoms with E-state index in [1.807, 2.05) is 0 Å². The minimum atomic E-state index is -1.65. The highest BCUT2D eigenvalue weighted by molar-refractivity contribution is 7.14. The standard InChI is InChI=1S/C17H16FNO4S/c1-17(16(21)22,11-2-4-12(18)5-3-11)19-15(20)14-8-10-9-23-7-6-13(10)24-14/h2-5,8H,6-7,9H2,1H3,(H,19,20)(H,21,22)/t17-/m1/s1. The summed E-state index contributed by atoms with van der Waals surface area (Å²) in [6, 6.07) is 6.79. The Morgan fingerprint density at radius 1 is 1.33 bits per heavy atom. The summed E-state index contributed by atoms with van der Waals surface area (Å²) in [5.74, 6) is -2.15. The van der Waals surface area contributed by atoms with E-state index in [1.54, 1.807) is 6.07 Å². The number of carbonyl (C=O) groups excluding carboxylic acids is 1. The third-order valence-electron chi connectivity index (χ3n) is 4.06. The number of amides is 1. The molecule has 0 bridgehead atoms. The summed E-state index contributed by atoms with van der Waals surface area (Å²) in [6.45, 7) is 2.47. The first-order valence-corrected chi connectivity index (χ1v) is 8.23. The molecule has 1 aromatic carbocycles. The predicted octanol–water partition coefficient (Wildman–Crippen LogP) is 2.69. The monoisotopic (exact) mass is 349 g/mol. The zero-order chi connectivity index (χ0) is 17.3. The Bertz CT molecular complexity index is 763. The summed E-state index contributed by atoms with van der Waals surface area (Å²) in [7, 11) is 0. The number of carboxylic acids is 1. The first-order chi connectivity index (χ1) is 11.4. The summed E-state index contributed by atoms with van der Waals surface area (Å²) in [6.07, 6.45) is 0.751. The van der Waals surface area contributed by atoms with E-state index >= 15 is 0 Å². The molecule has 3 rings (SSSR count). The average Bonchev–Trinajstić information content (AvgIpc) is 2.99. The minimum Gasteiger partial charge on any atom is -0.479 e. The molecule has 0 aliphatic carbocycles. The van der Waals surface area contributed by atoms with E-state index in [0.717, 1.165) is 16.9 Å². The van der Waals surface area contributed by atoms with Crippen molar-refractivity contribution in [2.45, 2.75) is 25.5 Å². The quantitative estimate of drug-likeness (QED) is 0.890. The van der Waals surface area contributed by atoms with Gasteiger partial charge in [-0.05, 0) is 36.2 Å². The maximum Gasteiger partial charge on any atom is 0.333 e. The van der Waals surface area contributed by atoms with Gasteiger partial charge in [-0.15, -0.1) is 11.3 Å². The van der Waals surface area contributed by atoms with Gasteiger partial charge in [0.1, 0.15) is 5.82 Å². The second kappa shape index (κ2) is 6.33. The fourth-order valence-electron chi connectivity index (χ4n) is 2.58. The van der Waals surface area contributed by atoms with Crippen molar-refractivity contribution in [3.8, 4) is 0 Å². The Morgan fingerprint density at radius 3 is 2.67 bits per heavy atom. The molecule has 0 radical (unpaired) electrons. The van der Waals surface area contributed by atoms with Crippen LogP contribution in [0.3, 0.4) is 0 Å². The van der Waals surface area contributed by atoms with Crippen LogP contribution >= 0.6 is 11.3 Å². The Hall–Kier alpha value is -2.25. The zero-order valence-electron chi connectivity index (χ0n) is 13.0. The number of carbonyl (C=O) groups is 2. The highest BCUT2D eigenvalue weighted by atomic mass is 32.1. The second-order valence-corrected chi connectivity index (χ2v) is 6.89. The summed E-state index contributed by atoms with van der Waals surface area (Å²) in [5.41, 5.74) is -0.379. The van der Waals surface area contributed by atoms with Gasteiger partial charge >= 0.3 is 5.97 Å². The van der Waals surface area contributed by atoms with Crippen molar-refractivity contribution in [3.63, 3.8) is 0 Å². The summed E-state index contributed by atoms with van der Waals surface area (Å²) in [4.78, 5) is 25.8. The van der Waals surface area contributed by atoms with Gasteiger partial charge in [0.2, 0.25) is 0 Å². The molecule has 0 fully saturated rings. The number of halogens is 1. The molecule has 126 valence electrons. The van der Waals surface area contributed by atoms with Crippen molar-refractivity contribution in [2.24, 2.45) is 0 Å². The number of thiophene rings is 1. The first-order valence-electron chi connectivity index (χ1n) is 7.41. The van der Waals surface area contributed by atoms with Crippen LogP contribution in [0.1, 0.15) is 32.6 Å². The summed E-state index contributed by atoms with van der Waals surface area (Å²) in [5, 5.41) is 12.2. The van der Waals surface area contributed by atoms with Gasteiger partial charge in [0.05, 0.1) is 18.1 Å². The molecule has 7 heteroatoms. The molecule has 5 nitrogen and oxygen atoms in total. The van der Waals surface area contributed by atoms with Crippen LogP contribution in [-0.4, -0.2) is 23.6 Å². The lowest BCUT2D eigenvalue weighted by Crippen LogP contribution is -2.49. The normalized spacial score (nSPS) is 16.1. The molecule has 1 aromatic heterocycles. The SMILES string of the molecule is C[C@](NC(=O)c1cc2c(s1)CCOC2)(C(=O)O)c1ccc(F)cc1. The van der Waals surface area contributed by atoms with Gasteiger partial charge in [-0.1, -0.05) is 12.1 Å². The number of nitrogens with one attached hydrogen (secondary N) is 1. The van der Waals surface area contributed by atoms with Crippen LogP contribution in [0.2, 0.25) is 0 Å². The van der Waals surface area contributed by atoms with Crippen molar-refractivity contribution in [3.05, 3.63) is 57.0 Å². The van der Waals surface area contributed by atoms with Gasteiger partial charge in [0.25, 0.3) is 5.91 Å². The Balaban J connectivity index is 1.87. The van der Waals surface area contributed by atoms with Gasteiger partial charge < -0.3 is 15.2 Å². The predicted molar refractivity (Wildman–Crippen MR) is 86.5 cm³/mol. The molecule has 0 saturated carbocycles. The highest BCUT2D eigenvalue weighted by Gasteiger charge is 2.37. The molecule has 24 heavy (non-hydrogen) atoms. The number of hydrogen-bond acceptors (Lipinski definition) is 4. The van der Waals surface area contributed by atoms with Crippen LogP contribution < -0.4 is 5.32 Å². The molecule has 2 N–H and O–H groups in total. The van der Waals surface area contributed by atoms with Crippen LogP contribution in [-0.2, 0) is 28.1 Å². The number of benzene rings is 1. The number of aliphatic carboxylic acids is 1. The molecule has 1 amide bonds. The van der Waals surface area contributed by atoms with Gasteiger partial charge in [0.15, 0.2) is 5.54 Å². The zero-order valence-corrected chi connectivity index (χ0v) is 13.8. The largest absolute Gasteiger partial charge is 0.479 e. The molecule has 2 heterocycles. The van der Waals surface area contributed by atoms with Crippen molar-refractivity contribution < 1.29 is 23.8 Å². The lowest BCUT2D eigenvalue weighted by Gasteiger charge is -2.26.